The Balaban J connectivity index is 1.61. The van der Waals surface area contributed by atoms with Gasteiger partial charge in [-0.25, -0.2) is 5.43 Å². The number of para-hydroxylation sites is 1. The number of amides is 1. The molecule has 0 saturated carbocycles. The second-order valence-corrected chi connectivity index (χ2v) is 7.18. The molecule has 27 heavy (non-hydrogen) atoms. The van der Waals surface area contributed by atoms with Gasteiger partial charge in [0.15, 0.2) is 0 Å². The van der Waals surface area contributed by atoms with Gasteiger partial charge < -0.3 is 4.74 Å². The average molecular weight is 400 g/mol. The number of aromatic nitrogens is 1. The molecule has 0 aliphatic rings. The van der Waals surface area contributed by atoms with Gasteiger partial charge in [-0.2, -0.15) is 5.10 Å². The molecule has 0 aliphatic heterocycles. The first-order chi connectivity index (χ1) is 13.1. The molecule has 0 fully saturated rings. The van der Waals surface area contributed by atoms with Crippen LogP contribution in [0, 0.1) is 6.92 Å². The fraction of sp³-hybridized carbons (Fsp3) is 0.150. The zero-order valence-corrected chi connectivity index (χ0v) is 16.5. The molecule has 1 heterocycles. The van der Waals surface area contributed by atoms with Gasteiger partial charge in [0.05, 0.1) is 29.6 Å². The lowest BCUT2D eigenvalue weighted by Crippen LogP contribution is -2.19. The Kier molecular flexibility index (Phi) is 6.32. The highest BCUT2D eigenvalue weighted by molar-refractivity contribution is 8.00. The number of hydrogen-bond donors (Lipinski definition) is 1. The molecule has 3 rings (SSSR count). The minimum absolute atomic E-state index is 0.185. The van der Waals surface area contributed by atoms with Crippen LogP contribution in [0.25, 0.3) is 10.9 Å². The monoisotopic (exact) mass is 399 g/mol. The van der Waals surface area contributed by atoms with Crippen molar-refractivity contribution in [1.82, 2.24) is 10.4 Å². The van der Waals surface area contributed by atoms with Crippen LogP contribution < -0.4 is 10.2 Å². The maximum Gasteiger partial charge on any atom is 0.250 e. The number of aryl methyl sites for hydroxylation is 1. The molecule has 7 heteroatoms. The summed E-state index contributed by atoms with van der Waals surface area (Å²) in [5.41, 5.74) is 5.16. The van der Waals surface area contributed by atoms with Gasteiger partial charge in [-0.3, -0.25) is 9.78 Å². The maximum absolute atomic E-state index is 12.1. The van der Waals surface area contributed by atoms with E-state index in [9.17, 15) is 4.79 Å². The summed E-state index contributed by atoms with van der Waals surface area (Å²) in [6, 6.07) is 15.1. The maximum atomic E-state index is 12.1. The molecule has 1 amide bonds. The fourth-order valence-corrected chi connectivity index (χ4v) is 3.63. The van der Waals surface area contributed by atoms with Crippen molar-refractivity contribution in [1.29, 1.82) is 0 Å². The zero-order chi connectivity index (χ0) is 19.2. The fourth-order valence-electron chi connectivity index (χ4n) is 2.50. The molecule has 0 saturated heterocycles. The summed E-state index contributed by atoms with van der Waals surface area (Å²) < 4.78 is 5.16. The van der Waals surface area contributed by atoms with Crippen molar-refractivity contribution in [2.24, 2.45) is 5.10 Å². The minimum atomic E-state index is -0.185. The highest BCUT2D eigenvalue weighted by Crippen LogP contribution is 2.27. The molecule has 0 atom stereocenters. The van der Waals surface area contributed by atoms with Crippen LogP contribution in [0.5, 0.6) is 5.75 Å². The number of nitrogens with zero attached hydrogens (tertiary/aromatic N) is 2. The number of ether oxygens (including phenoxy) is 1. The number of pyridine rings is 1. The van der Waals surface area contributed by atoms with Crippen LogP contribution in [0.2, 0.25) is 5.02 Å². The Morgan fingerprint density at radius 2 is 2.11 bits per heavy atom. The normalized spacial score (nSPS) is 11.1. The number of halogens is 1. The SMILES string of the molecule is COc1cc(/C=N/NC(=O)CSc2cc(C)nc3ccccc23)ccc1Cl. The summed E-state index contributed by atoms with van der Waals surface area (Å²) in [6.45, 7) is 1.95. The molecule has 1 N–H and O–H groups in total. The third-order valence-corrected chi connectivity index (χ3v) is 5.11. The average Bonchev–Trinajstić information content (AvgIpc) is 2.67. The summed E-state index contributed by atoms with van der Waals surface area (Å²) in [5.74, 6) is 0.632. The van der Waals surface area contributed by atoms with Crippen LogP contribution >= 0.6 is 23.4 Å². The molecular weight excluding hydrogens is 382 g/mol. The lowest BCUT2D eigenvalue weighted by Gasteiger charge is -2.07. The highest BCUT2D eigenvalue weighted by Gasteiger charge is 2.07. The van der Waals surface area contributed by atoms with Crippen LogP contribution in [0.1, 0.15) is 11.3 Å². The second-order valence-electron chi connectivity index (χ2n) is 5.75. The number of thioether (sulfide) groups is 1. The van der Waals surface area contributed by atoms with E-state index < -0.39 is 0 Å². The van der Waals surface area contributed by atoms with Gasteiger partial charge in [0.2, 0.25) is 5.91 Å². The first-order valence-corrected chi connectivity index (χ1v) is 9.58. The molecule has 0 radical (unpaired) electrons. The van der Waals surface area contributed by atoms with Crippen molar-refractivity contribution in [3.63, 3.8) is 0 Å². The molecule has 0 spiro atoms. The molecule has 2 aromatic carbocycles. The molecule has 1 aromatic heterocycles. The van der Waals surface area contributed by atoms with E-state index in [1.54, 1.807) is 31.5 Å². The summed E-state index contributed by atoms with van der Waals surface area (Å²) in [6.07, 6.45) is 1.55. The number of hydrazone groups is 1. The summed E-state index contributed by atoms with van der Waals surface area (Å²) in [5, 5.41) is 5.55. The third-order valence-electron chi connectivity index (χ3n) is 3.74. The molecule has 0 aliphatic carbocycles. The van der Waals surface area contributed by atoms with E-state index in [4.69, 9.17) is 16.3 Å². The number of fused-ring (bicyclic) bond motifs is 1. The van der Waals surface area contributed by atoms with E-state index in [1.165, 1.54) is 11.8 Å². The Bertz CT molecular complexity index is 1010. The van der Waals surface area contributed by atoms with E-state index >= 15 is 0 Å². The lowest BCUT2D eigenvalue weighted by atomic mass is 10.2. The molecular formula is C20H18ClN3O2S. The topological polar surface area (TPSA) is 63.6 Å². The zero-order valence-electron chi connectivity index (χ0n) is 14.9. The van der Waals surface area contributed by atoms with Crippen LogP contribution in [-0.2, 0) is 4.79 Å². The van der Waals surface area contributed by atoms with Crippen molar-refractivity contribution in [2.75, 3.05) is 12.9 Å². The number of carbonyl (C=O) groups excluding carboxylic acids is 1. The minimum Gasteiger partial charge on any atom is -0.495 e. The molecule has 3 aromatic rings. The highest BCUT2D eigenvalue weighted by atomic mass is 35.5. The Morgan fingerprint density at radius 1 is 1.30 bits per heavy atom. The van der Waals surface area contributed by atoms with Crippen LogP contribution in [0.15, 0.2) is 58.5 Å². The smallest absolute Gasteiger partial charge is 0.250 e. The van der Waals surface area contributed by atoms with Gasteiger partial charge in [0.25, 0.3) is 0 Å². The molecule has 5 nitrogen and oxygen atoms in total. The standard InChI is InChI=1S/C20H18ClN3O2S/c1-13-9-19(15-5-3-4-6-17(15)23-13)27-12-20(25)24-22-11-14-7-8-16(21)18(10-14)26-2/h3-11H,12H2,1-2H3,(H,24,25)/b22-11+. The van der Waals surface area contributed by atoms with Gasteiger partial charge in [0, 0.05) is 16.0 Å². The number of nitrogens with one attached hydrogen (secondary N) is 1. The number of methoxy groups -OCH3 is 1. The van der Waals surface area contributed by atoms with Crippen LogP contribution in [0.3, 0.4) is 0 Å². The predicted octanol–water partition coefficient (Wildman–Crippen LogP) is 4.45. The number of benzene rings is 2. The quantitative estimate of drug-likeness (QED) is 0.378. The van der Waals surface area contributed by atoms with E-state index in [0.29, 0.717) is 10.8 Å². The first kappa shape index (κ1) is 19.2. The van der Waals surface area contributed by atoms with E-state index in [2.05, 4.69) is 15.5 Å². The number of hydrogen-bond acceptors (Lipinski definition) is 5. The van der Waals surface area contributed by atoms with Gasteiger partial charge >= 0.3 is 0 Å². The van der Waals surface area contributed by atoms with Crippen molar-refractivity contribution >= 4 is 46.4 Å². The lowest BCUT2D eigenvalue weighted by molar-refractivity contribution is -0.118. The Labute approximate surface area is 166 Å². The molecule has 0 bridgehead atoms. The van der Waals surface area contributed by atoms with Gasteiger partial charge in [-0.15, -0.1) is 11.8 Å². The van der Waals surface area contributed by atoms with Crippen LogP contribution in [-0.4, -0.2) is 30.0 Å². The number of rotatable bonds is 6. The summed E-state index contributed by atoms with van der Waals surface area (Å²) >= 11 is 7.45. The van der Waals surface area contributed by atoms with E-state index in [0.717, 1.165) is 27.1 Å². The second kappa shape index (κ2) is 8.88. The van der Waals surface area contributed by atoms with Gasteiger partial charge in [-0.1, -0.05) is 35.9 Å². The Hall–Kier alpha value is -2.57. The number of carbonyl (C=O) groups is 1. The van der Waals surface area contributed by atoms with Crippen molar-refractivity contribution in [3.05, 3.63) is 64.8 Å². The van der Waals surface area contributed by atoms with Crippen molar-refractivity contribution in [3.8, 4) is 5.75 Å². The Morgan fingerprint density at radius 3 is 2.93 bits per heavy atom. The van der Waals surface area contributed by atoms with Crippen molar-refractivity contribution < 1.29 is 9.53 Å². The molecule has 0 unspecified atom stereocenters. The van der Waals surface area contributed by atoms with E-state index in [1.807, 2.05) is 37.3 Å². The van der Waals surface area contributed by atoms with Gasteiger partial charge in [-0.05, 0) is 36.8 Å². The largest absolute Gasteiger partial charge is 0.495 e. The van der Waals surface area contributed by atoms with Crippen molar-refractivity contribution in [2.45, 2.75) is 11.8 Å². The summed E-state index contributed by atoms with van der Waals surface area (Å²) in [4.78, 5) is 17.6. The van der Waals surface area contributed by atoms with Crippen LogP contribution in [0.4, 0.5) is 0 Å². The molecule has 138 valence electrons. The predicted molar refractivity (Wildman–Crippen MR) is 111 cm³/mol. The first-order valence-electron chi connectivity index (χ1n) is 8.21. The van der Waals surface area contributed by atoms with E-state index in [-0.39, 0.29) is 11.7 Å². The third kappa shape index (κ3) is 4.99. The van der Waals surface area contributed by atoms with Gasteiger partial charge in [0.1, 0.15) is 5.75 Å². The summed E-state index contributed by atoms with van der Waals surface area (Å²) in [7, 11) is 1.55.